The number of hydrogen-bond donors (Lipinski definition) is 1. The van der Waals surface area contributed by atoms with Gasteiger partial charge in [0.15, 0.2) is 5.25 Å². The number of amides is 1. The number of carbonyl (C=O) groups is 2. The van der Waals surface area contributed by atoms with Crippen molar-refractivity contribution in [3.8, 4) is 0 Å². The van der Waals surface area contributed by atoms with Crippen LogP contribution in [0.1, 0.15) is 20.8 Å². The zero-order valence-electron chi connectivity index (χ0n) is 10.1. The molecule has 0 aromatic rings. The number of carboxylic acids is 1. The monoisotopic (exact) mass is 271 g/mol. The van der Waals surface area contributed by atoms with Gasteiger partial charge in [0.1, 0.15) is 5.60 Å². The molecule has 1 N–H and O–H groups in total. The van der Waals surface area contributed by atoms with Crippen LogP contribution in [0.25, 0.3) is 0 Å². The summed E-state index contributed by atoms with van der Waals surface area (Å²) in [6.07, 6.45) is -0.443. The van der Waals surface area contributed by atoms with Crippen LogP contribution in [0.5, 0.6) is 0 Å². The molecule has 1 fully saturated rings. The van der Waals surface area contributed by atoms with Crippen LogP contribution in [-0.2, 0) is 20.7 Å². The average molecular weight is 271 g/mol. The summed E-state index contributed by atoms with van der Waals surface area (Å²) >= 11 is -1.42. The van der Waals surface area contributed by atoms with Gasteiger partial charge in [0, 0.05) is 0 Å². The van der Waals surface area contributed by atoms with Crippen molar-refractivity contribution >= 4 is 42.1 Å². The van der Waals surface area contributed by atoms with Gasteiger partial charge >= 0.3 is 30.9 Å². The first-order valence-corrected chi connectivity index (χ1v) is 6.64. The van der Waals surface area contributed by atoms with Crippen LogP contribution >= 0.6 is 0 Å². The van der Waals surface area contributed by atoms with Gasteiger partial charge in [0.2, 0.25) is 5.75 Å². The molecule has 1 unspecified atom stereocenters. The van der Waals surface area contributed by atoms with E-state index in [2.05, 4.69) is 0 Å². The van der Waals surface area contributed by atoms with Crippen LogP contribution < -0.4 is 0 Å². The Kier molecular flexibility index (Phi) is 6.58. The molecular formula is C10H18LiNO5S. The van der Waals surface area contributed by atoms with E-state index in [1.807, 2.05) is 0 Å². The van der Waals surface area contributed by atoms with Gasteiger partial charge in [-0.3, -0.25) is 4.90 Å². The number of hydrogen-bond acceptors (Lipinski definition) is 4. The molecule has 1 heterocycles. The zero-order chi connectivity index (χ0) is 13.2. The molecule has 1 amide bonds. The van der Waals surface area contributed by atoms with E-state index in [-0.39, 0.29) is 29.9 Å². The average Bonchev–Trinajstić information content (AvgIpc) is 1.94. The molecule has 100 valence electrons. The molecule has 1 aliphatic heterocycles. The summed E-state index contributed by atoms with van der Waals surface area (Å²) < 4.78 is 16.6. The van der Waals surface area contributed by atoms with Gasteiger partial charge in [-0.25, -0.2) is 9.59 Å². The van der Waals surface area contributed by atoms with E-state index in [0.717, 1.165) is 0 Å². The molecule has 0 aliphatic carbocycles. The summed E-state index contributed by atoms with van der Waals surface area (Å²) in [5, 5.41) is 8.23. The number of likely N-dealkylation sites (tertiary alicyclic amines) is 1. The van der Waals surface area contributed by atoms with Gasteiger partial charge in [-0.2, -0.15) is 0 Å². The van der Waals surface area contributed by atoms with Crippen LogP contribution in [0.2, 0.25) is 0 Å². The minimum absolute atomic E-state index is 0. The molecule has 1 aliphatic rings. The fraction of sp³-hybridized carbons (Fsp3) is 0.800. The van der Waals surface area contributed by atoms with Crippen molar-refractivity contribution in [3.05, 3.63) is 0 Å². The number of ether oxygens (including phenoxy) is 1. The van der Waals surface area contributed by atoms with E-state index in [1.165, 1.54) is 4.90 Å². The molecule has 6 nitrogen and oxygen atoms in total. The van der Waals surface area contributed by atoms with Crippen molar-refractivity contribution in [2.75, 3.05) is 18.8 Å². The molecule has 8 heteroatoms. The molecule has 0 aromatic heterocycles. The summed E-state index contributed by atoms with van der Waals surface area (Å²) in [6.45, 7) is 5.91. The second-order valence-electron chi connectivity index (χ2n) is 4.93. The van der Waals surface area contributed by atoms with E-state index in [1.54, 1.807) is 20.8 Å². The Morgan fingerprint density at radius 3 is 2.33 bits per heavy atom. The third-order valence-corrected chi connectivity index (χ3v) is 3.71. The van der Waals surface area contributed by atoms with Gasteiger partial charge in [0.05, 0.1) is 13.1 Å². The molecule has 0 radical (unpaired) electrons. The summed E-state index contributed by atoms with van der Waals surface area (Å²) in [5.41, 5.74) is -0.553. The van der Waals surface area contributed by atoms with Crippen LogP contribution in [0.4, 0.5) is 4.79 Å². The molecule has 0 aromatic carbocycles. The SMILES string of the molecule is CC(C)(C)OC(=O)N1CC([S+]([O-])CC(=O)O)C1.[LiH]. The van der Waals surface area contributed by atoms with Crippen LogP contribution in [-0.4, -0.2) is 75.2 Å². The minimum atomic E-state index is -1.42. The topological polar surface area (TPSA) is 89.9 Å². The van der Waals surface area contributed by atoms with E-state index < -0.39 is 28.8 Å². The normalized spacial score (nSPS) is 17.4. The summed E-state index contributed by atoms with van der Waals surface area (Å²) in [5.74, 6) is -1.45. The van der Waals surface area contributed by atoms with Crippen molar-refractivity contribution in [1.29, 1.82) is 0 Å². The van der Waals surface area contributed by atoms with Crippen molar-refractivity contribution < 1.29 is 24.0 Å². The predicted octanol–water partition coefficient (Wildman–Crippen LogP) is -0.209. The van der Waals surface area contributed by atoms with Gasteiger partial charge in [0.25, 0.3) is 0 Å². The molecule has 1 saturated heterocycles. The Morgan fingerprint density at radius 1 is 1.44 bits per heavy atom. The van der Waals surface area contributed by atoms with Crippen LogP contribution in [0.15, 0.2) is 0 Å². The van der Waals surface area contributed by atoms with Crippen molar-refractivity contribution in [2.45, 2.75) is 31.6 Å². The molecule has 0 saturated carbocycles. The molecule has 0 spiro atoms. The van der Waals surface area contributed by atoms with Gasteiger partial charge in [-0.15, -0.1) is 0 Å². The quantitative estimate of drug-likeness (QED) is 0.566. The second kappa shape index (κ2) is 6.71. The maximum absolute atomic E-state index is 11.5. The van der Waals surface area contributed by atoms with Crippen LogP contribution in [0.3, 0.4) is 0 Å². The zero-order valence-corrected chi connectivity index (χ0v) is 11.0. The van der Waals surface area contributed by atoms with Gasteiger partial charge < -0.3 is 14.4 Å². The predicted molar refractivity (Wildman–Crippen MR) is 69.4 cm³/mol. The Morgan fingerprint density at radius 2 is 1.94 bits per heavy atom. The Bertz CT molecular complexity index is 314. The molecule has 18 heavy (non-hydrogen) atoms. The fourth-order valence-corrected chi connectivity index (χ4v) is 2.49. The number of aliphatic carboxylic acids is 1. The molecular weight excluding hydrogens is 253 g/mol. The van der Waals surface area contributed by atoms with Gasteiger partial charge in [-0.1, -0.05) is 0 Å². The van der Waals surface area contributed by atoms with E-state index in [0.29, 0.717) is 13.1 Å². The Balaban J connectivity index is 0.00000289. The third-order valence-electron chi connectivity index (χ3n) is 2.14. The first kappa shape index (κ1) is 17.6. The second-order valence-corrected chi connectivity index (χ2v) is 6.64. The number of carboxylic acid groups (broad SMARTS) is 1. The standard InChI is InChI=1S/C10H17NO5S.Li.H/c1-10(2,3)16-9(14)11-4-7(5-11)17(15)6-8(12)13;;/h7H,4-6H2,1-3H3,(H,12,13);;. The van der Waals surface area contributed by atoms with Crippen molar-refractivity contribution in [3.63, 3.8) is 0 Å². The number of carbonyl (C=O) groups excluding carboxylic acids is 1. The molecule has 0 bridgehead atoms. The van der Waals surface area contributed by atoms with E-state index >= 15 is 0 Å². The fourth-order valence-electron chi connectivity index (χ4n) is 1.32. The summed E-state index contributed by atoms with van der Waals surface area (Å²) in [4.78, 5) is 23.3. The summed E-state index contributed by atoms with van der Waals surface area (Å²) in [7, 11) is 0. The molecule has 1 rings (SSSR count). The van der Waals surface area contributed by atoms with Gasteiger partial charge in [-0.05, 0) is 31.9 Å². The Labute approximate surface area is 121 Å². The van der Waals surface area contributed by atoms with E-state index in [9.17, 15) is 14.1 Å². The maximum atomic E-state index is 11.5. The number of nitrogens with zero attached hydrogens (tertiary/aromatic N) is 1. The van der Waals surface area contributed by atoms with E-state index in [4.69, 9.17) is 9.84 Å². The molecule has 1 atom stereocenters. The first-order valence-electron chi connectivity index (χ1n) is 5.26. The van der Waals surface area contributed by atoms with Crippen LogP contribution in [0, 0.1) is 0 Å². The van der Waals surface area contributed by atoms with Crippen molar-refractivity contribution in [2.24, 2.45) is 0 Å². The number of rotatable bonds is 3. The third kappa shape index (κ3) is 5.53. The first-order chi connectivity index (χ1) is 7.69. The van der Waals surface area contributed by atoms with Crippen molar-refractivity contribution in [1.82, 2.24) is 4.90 Å². The Hall–Kier alpha value is -0.353. The summed E-state index contributed by atoms with van der Waals surface area (Å²) in [6, 6.07) is 0.